The normalized spacial score (nSPS) is 10.4. The highest BCUT2D eigenvalue weighted by Gasteiger charge is 2.16. The van der Waals surface area contributed by atoms with E-state index >= 15 is 0 Å². The molecule has 3 rings (SSSR count). The van der Waals surface area contributed by atoms with Gasteiger partial charge in [-0.3, -0.25) is 9.59 Å². The number of hydrogen-bond acceptors (Lipinski definition) is 6. The summed E-state index contributed by atoms with van der Waals surface area (Å²) in [7, 11) is 0. The highest BCUT2D eigenvalue weighted by atomic mass is 35.5. The molecular formula is C19H17ClN4O4. The van der Waals surface area contributed by atoms with Gasteiger partial charge in [0.25, 0.3) is 0 Å². The summed E-state index contributed by atoms with van der Waals surface area (Å²) in [5.41, 5.74) is 1.30. The van der Waals surface area contributed by atoms with Gasteiger partial charge in [-0.2, -0.15) is 4.98 Å². The van der Waals surface area contributed by atoms with Gasteiger partial charge in [-0.1, -0.05) is 47.1 Å². The fourth-order valence-electron chi connectivity index (χ4n) is 2.33. The standard InChI is InChI=1S/C19H17ClN4O4/c1-12(25)22-15-8-4-5-9-16(15)27-11-17-23-19(28-24-17)18(26)21-10-13-6-2-3-7-14(13)20/h2-9H,10-11H2,1H3,(H,21,26)(H,22,25). The third-order valence-electron chi connectivity index (χ3n) is 3.61. The average Bonchev–Trinajstić information content (AvgIpc) is 3.15. The first-order valence-electron chi connectivity index (χ1n) is 8.36. The van der Waals surface area contributed by atoms with Crippen molar-refractivity contribution >= 4 is 29.1 Å². The van der Waals surface area contributed by atoms with Crippen LogP contribution >= 0.6 is 11.6 Å². The van der Waals surface area contributed by atoms with Crippen molar-refractivity contribution in [2.45, 2.75) is 20.1 Å². The maximum absolute atomic E-state index is 12.2. The van der Waals surface area contributed by atoms with E-state index in [1.165, 1.54) is 6.92 Å². The number of para-hydroxylation sites is 2. The number of nitrogens with zero attached hydrogens (tertiary/aromatic N) is 2. The molecule has 0 saturated carbocycles. The first-order chi connectivity index (χ1) is 13.5. The number of benzene rings is 2. The minimum absolute atomic E-state index is 0.0299. The molecular weight excluding hydrogens is 384 g/mol. The first kappa shape index (κ1) is 19.4. The lowest BCUT2D eigenvalue weighted by Crippen LogP contribution is -2.23. The minimum Gasteiger partial charge on any atom is -0.483 e. The van der Waals surface area contributed by atoms with Crippen LogP contribution in [-0.4, -0.2) is 22.0 Å². The zero-order valence-electron chi connectivity index (χ0n) is 14.9. The number of ether oxygens (including phenoxy) is 1. The summed E-state index contributed by atoms with van der Waals surface area (Å²) in [6.07, 6.45) is 0. The number of nitrogens with one attached hydrogen (secondary N) is 2. The van der Waals surface area contributed by atoms with Gasteiger partial charge < -0.3 is 19.9 Å². The second kappa shape index (κ2) is 9.01. The highest BCUT2D eigenvalue weighted by Crippen LogP contribution is 2.24. The van der Waals surface area contributed by atoms with Crippen LogP contribution in [-0.2, 0) is 17.9 Å². The van der Waals surface area contributed by atoms with Crippen molar-refractivity contribution in [2.24, 2.45) is 0 Å². The van der Waals surface area contributed by atoms with E-state index in [0.29, 0.717) is 16.5 Å². The topological polar surface area (TPSA) is 106 Å². The van der Waals surface area contributed by atoms with Crippen LogP contribution in [0.3, 0.4) is 0 Å². The van der Waals surface area contributed by atoms with E-state index in [4.69, 9.17) is 20.9 Å². The maximum atomic E-state index is 12.2. The third-order valence-corrected chi connectivity index (χ3v) is 3.98. The Hall–Kier alpha value is -3.39. The van der Waals surface area contributed by atoms with Gasteiger partial charge in [-0.15, -0.1) is 0 Å². The summed E-state index contributed by atoms with van der Waals surface area (Å²) in [4.78, 5) is 27.4. The fourth-order valence-corrected chi connectivity index (χ4v) is 2.53. The van der Waals surface area contributed by atoms with Gasteiger partial charge in [-0.25, -0.2) is 0 Å². The van der Waals surface area contributed by atoms with Gasteiger partial charge in [0.2, 0.25) is 11.7 Å². The molecule has 2 amide bonds. The van der Waals surface area contributed by atoms with E-state index in [1.54, 1.807) is 30.3 Å². The van der Waals surface area contributed by atoms with E-state index in [-0.39, 0.29) is 30.8 Å². The molecule has 0 radical (unpaired) electrons. The monoisotopic (exact) mass is 400 g/mol. The predicted molar refractivity (Wildman–Crippen MR) is 102 cm³/mol. The molecule has 9 heteroatoms. The van der Waals surface area contributed by atoms with Crippen molar-refractivity contribution in [3.63, 3.8) is 0 Å². The Bertz CT molecular complexity index is 989. The van der Waals surface area contributed by atoms with Crippen LogP contribution in [0.25, 0.3) is 0 Å². The molecule has 8 nitrogen and oxygen atoms in total. The molecule has 28 heavy (non-hydrogen) atoms. The molecule has 0 aliphatic heterocycles. The van der Waals surface area contributed by atoms with E-state index < -0.39 is 5.91 Å². The van der Waals surface area contributed by atoms with Crippen LogP contribution in [0.4, 0.5) is 5.69 Å². The van der Waals surface area contributed by atoms with Crippen LogP contribution in [0.5, 0.6) is 5.75 Å². The van der Waals surface area contributed by atoms with Gasteiger partial charge >= 0.3 is 11.8 Å². The number of carbonyl (C=O) groups excluding carboxylic acids is 2. The molecule has 0 atom stereocenters. The number of halogens is 1. The van der Waals surface area contributed by atoms with Crippen molar-refractivity contribution in [1.29, 1.82) is 0 Å². The Kier molecular flexibility index (Phi) is 6.23. The molecule has 0 spiro atoms. The summed E-state index contributed by atoms with van der Waals surface area (Å²) >= 11 is 6.06. The summed E-state index contributed by atoms with van der Waals surface area (Å²) in [5.74, 6) is -0.265. The zero-order chi connectivity index (χ0) is 19.9. The van der Waals surface area contributed by atoms with Crippen LogP contribution in [0.1, 0.15) is 29.0 Å². The van der Waals surface area contributed by atoms with E-state index in [2.05, 4.69) is 20.8 Å². The SMILES string of the molecule is CC(=O)Nc1ccccc1OCc1noc(C(=O)NCc2ccccc2Cl)n1. The predicted octanol–water partition coefficient (Wildman–Crippen LogP) is 3.19. The lowest BCUT2D eigenvalue weighted by molar-refractivity contribution is -0.114. The average molecular weight is 401 g/mol. The van der Waals surface area contributed by atoms with Gasteiger partial charge in [0.1, 0.15) is 5.75 Å². The van der Waals surface area contributed by atoms with Gasteiger partial charge in [0.15, 0.2) is 6.61 Å². The molecule has 0 unspecified atom stereocenters. The maximum Gasteiger partial charge on any atom is 0.316 e. The molecule has 0 fully saturated rings. The molecule has 144 valence electrons. The van der Waals surface area contributed by atoms with Crippen LogP contribution in [0.15, 0.2) is 53.1 Å². The second-order valence-corrected chi connectivity index (χ2v) is 6.16. The summed E-state index contributed by atoms with van der Waals surface area (Å²) in [6, 6.07) is 14.1. The first-order valence-corrected chi connectivity index (χ1v) is 8.74. The molecule has 0 aliphatic carbocycles. The summed E-state index contributed by atoms with van der Waals surface area (Å²) in [6.45, 7) is 1.61. The number of rotatable bonds is 7. The van der Waals surface area contributed by atoms with Gasteiger partial charge in [0.05, 0.1) is 5.69 Å². The second-order valence-electron chi connectivity index (χ2n) is 5.76. The Morgan fingerprint density at radius 3 is 2.68 bits per heavy atom. The molecule has 0 aliphatic rings. The van der Waals surface area contributed by atoms with Crippen molar-refractivity contribution < 1.29 is 18.8 Å². The van der Waals surface area contributed by atoms with E-state index in [1.807, 2.05) is 18.2 Å². The van der Waals surface area contributed by atoms with Crippen LogP contribution in [0.2, 0.25) is 5.02 Å². The molecule has 2 aromatic carbocycles. The molecule has 0 bridgehead atoms. The third kappa shape index (κ3) is 5.08. The summed E-state index contributed by atoms with van der Waals surface area (Å²) in [5, 5.41) is 9.62. The number of aromatic nitrogens is 2. The van der Waals surface area contributed by atoms with Crippen molar-refractivity contribution in [3.05, 3.63) is 70.8 Å². The Labute approximate surface area is 165 Å². The zero-order valence-corrected chi connectivity index (χ0v) is 15.7. The fraction of sp³-hybridized carbons (Fsp3) is 0.158. The van der Waals surface area contributed by atoms with E-state index in [9.17, 15) is 9.59 Å². The smallest absolute Gasteiger partial charge is 0.316 e. The number of amides is 2. The molecule has 1 aromatic heterocycles. The van der Waals surface area contributed by atoms with Gasteiger partial charge in [-0.05, 0) is 23.8 Å². The lowest BCUT2D eigenvalue weighted by Gasteiger charge is -2.09. The van der Waals surface area contributed by atoms with Crippen molar-refractivity contribution in [2.75, 3.05) is 5.32 Å². The Balaban J connectivity index is 1.58. The molecule has 1 heterocycles. The van der Waals surface area contributed by atoms with E-state index in [0.717, 1.165) is 5.56 Å². The quantitative estimate of drug-likeness (QED) is 0.630. The summed E-state index contributed by atoms with van der Waals surface area (Å²) < 4.78 is 10.6. The number of anilines is 1. The van der Waals surface area contributed by atoms with Crippen molar-refractivity contribution in [3.8, 4) is 5.75 Å². The molecule has 2 N–H and O–H groups in total. The highest BCUT2D eigenvalue weighted by molar-refractivity contribution is 6.31. The molecule has 3 aromatic rings. The van der Waals surface area contributed by atoms with Crippen LogP contribution < -0.4 is 15.4 Å². The minimum atomic E-state index is -0.516. The Morgan fingerprint density at radius 2 is 1.89 bits per heavy atom. The van der Waals surface area contributed by atoms with Gasteiger partial charge in [0, 0.05) is 18.5 Å². The number of hydrogen-bond donors (Lipinski definition) is 2. The molecule has 0 saturated heterocycles. The lowest BCUT2D eigenvalue weighted by atomic mass is 10.2. The Morgan fingerprint density at radius 1 is 1.14 bits per heavy atom. The largest absolute Gasteiger partial charge is 0.483 e. The van der Waals surface area contributed by atoms with Crippen molar-refractivity contribution in [1.82, 2.24) is 15.5 Å². The number of carbonyl (C=O) groups is 2. The van der Waals surface area contributed by atoms with Crippen LogP contribution in [0, 0.1) is 0 Å².